The fourth-order valence-corrected chi connectivity index (χ4v) is 5.77. The number of carbonyl (C=O) groups is 2. The maximum Gasteiger partial charge on any atom is 0.226 e. The number of amides is 2. The molecule has 0 bridgehead atoms. The van der Waals surface area contributed by atoms with Crippen molar-refractivity contribution < 1.29 is 9.59 Å². The number of hydrogen-bond acceptors (Lipinski definition) is 5. The van der Waals surface area contributed by atoms with E-state index in [4.69, 9.17) is 0 Å². The summed E-state index contributed by atoms with van der Waals surface area (Å²) in [5, 5.41) is 14.3. The lowest BCUT2D eigenvalue weighted by Gasteiger charge is -2.36. The van der Waals surface area contributed by atoms with Crippen LogP contribution < -0.4 is 16.0 Å². The van der Waals surface area contributed by atoms with Crippen LogP contribution in [0.3, 0.4) is 0 Å². The first kappa shape index (κ1) is 25.5. The molecule has 192 valence electrons. The number of anilines is 1. The third kappa shape index (κ3) is 6.34. The second-order valence-corrected chi connectivity index (χ2v) is 10.5. The number of carbonyl (C=O) groups excluding carboxylic acids is 2. The molecule has 0 radical (unpaired) electrons. The van der Waals surface area contributed by atoms with Gasteiger partial charge in [-0.1, -0.05) is 18.7 Å². The predicted octanol–water partition coefficient (Wildman–Crippen LogP) is 3.34. The molecule has 1 aromatic rings. The smallest absolute Gasteiger partial charge is 0.226 e. The summed E-state index contributed by atoms with van der Waals surface area (Å²) in [7, 11) is 1.91. The Hall–Kier alpha value is -2.61. The Labute approximate surface area is 209 Å². The van der Waals surface area contributed by atoms with Crippen LogP contribution in [0.2, 0.25) is 0 Å². The van der Waals surface area contributed by atoms with E-state index in [1.165, 1.54) is 0 Å². The normalized spacial score (nSPS) is 25.7. The Bertz CT molecular complexity index is 924. The molecule has 1 atom stereocenters. The molecule has 0 aromatic carbocycles. The summed E-state index contributed by atoms with van der Waals surface area (Å²) >= 11 is 0. The summed E-state index contributed by atoms with van der Waals surface area (Å²) < 4.78 is 1.81. The maximum absolute atomic E-state index is 13.8. The highest BCUT2D eigenvalue weighted by Gasteiger charge is 2.36. The number of fused-ring (bicyclic) bond motifs is 1. The maximum atomic E-state index is 13.8. The zero-order valence-electron chi connectivity index (χ0n) is 21.4. The van der Waals surface area contributed by atoms with Gasteiger partial charge in [-0.25, -0.2) is 0 Å². The van der Waals surface area contributed by atoms with Gasteiger partial charge in [-0.05, 0) is 76.8 Å². The average molecular weight is 483 g/mol. The Morgan fingerprint density at radius 1 is 1.17 bits per heavy atom. The van der Waals surface area contributed by atoms with Crippen molar-refractivity contribution in [2.24, 2.45) is 24.8 Å². The topological polar surface area (TPSA) is 91.3 Å². The van der Waals surface area contributed by atoms with Crippen LogP contribution in [0.4, 0.5) is 5.82 Å². The number of allylic oxidation sites excluding steroid dienone is 1. The molecule has 35 heavy (non-hydrogen) atoms. The standard InChI is InChI=1S/C27H42N6O2/c1-4-5-6-24-19(2)31-26-23(17-30-32(26)3)18-33(24)27(35)22-9-7-21(8-10-22)16-29-25(34)15-20-11-13-28-14-12-20/h4-5,17,20-22,24,28,31H,2,6-16,18H2,1,3H3,(H,29,34)/b5-4+. The van der Waals surface area contributed by atoms with Crippen molar-refractivity contribution in [3.63, 3.8) is 0 Å². The van der Waals surface area contributed by atoms with Crippen molar-refractivity contribution in [3.8, 4) is 0 Å². The van der Waals surface area contributed by atoms with Crippen LogP contribution in [0.5, 0.6) is 0 Å². The Morgan fingerprint density at radius 2 is 1.91 bits per heavy atom. The number of hydrogen-bond donors (Lipinski definition) is 3. The minimum Gasteiger partial charge on any atom is -0.356 e. The fraction of sp³-hybridized carbons (Fsp3) is 0.667. The average Bonchev–Trinajstić information content (AvgIpc) is 3.13. The quantitative estimate of drug-likeness (QED) is 0.519. The van der Waals surface area contributed by atoms with Crippen LogP contribution in [0, 0.1) is 17.8 Å². The molecule has 3 heterocycles. The Kier molecular flexibility index (Phi) is 8.65. The van der Waals surface area contributed by atoms with E-state index >= 15 is 0 Å². The molecule has 1 saturated heterocycles. The van der Waals surface area contributed by atoms with Gasteiger partial charge >= 0.3 is 0 Å². The van der Waals surface area contributed by atoms with Crippen molar-refractivity contribution in [1.82, 2.24) is 25.3 Å². The van der Waals surface area contributed by atoms with Crippen molar-refractivity contribution >= 4 is 17.6 Å². The lowest BCUT2D eigenvalue weighted by Crippen LogP contribution is -2.45. The molecule has 4 rings (SSSR count). The fourth-order valence-electron chi connectivity index (χ4n) is 5.77. The molecule has 2 fully saturated rings. The van der Waals surface area contributed by atoms with Gasteiger partial charge in [0.25, 0.3) is 0 Å². The first-order valence-electron chi connectivity index (χ1n) is 13.3. The van der Waals surface area contributed by atoms with Gasteiger partial charge in [0.2, 0.25) is 11.8 Å². The molecule has 2 amide bonds. The number of nitrogens with one attached hydrogen (secondary N) is 3. The van der Waals surface area contributed by atoms with Gasteiger partial charge in [0, 0.05) is 37.2 Å². The van der Waals surface area contributed by atoms with E-state index in [1.54, 1.807) is 0 Å². The van der Waals surface area contributed by atoms with E-state index in [0.717, 1.165) is 81.7 Å². The molecule has 8 heteroatoms. The highest BCUT2D eigenvalue weighted by Crippen LogP contribution is 2.34. The number of aryl methyl sites for hydroxylation is 1. The van der Waals surface area contributed by atoms with Crippen LogP contribution in [0.1, 0.15) is 63.9 Å². The summed E-state index contributed by atoms with van der Waals surface area (Å²) in [5.74, 6) is 2.31. The summed E-state index contributed by atoms with van der Waals surface area (Å²) in [6, 6.07) is -0.0851. The second kappa shape index (κ2) is 11.9. The third-order valence-corrected chi connectivity index (χ3v) is 8.01. The van der Waals surface area contributed by atoms with Gasteiger partial charge in [0.05, 0.1) is 18.8 Å². The van der Waals surface area contributed by atoms with Gasteiger partial charge in [-0.2, -0.15) is 5.10 Å². The minimum atomic E-state index is -0.0851. The molecular weight excluding hydrogens is 440 g/mol. The molecule has 1 aromatic heterocycles. The van der Waals surface area contributed by atoms with Crippen LogP contribution in [-0.2, 0) is 23.2 Å². The molecule has 1 saturated carbocycles. The Morgan fingerprint density at radius 3 is 2.63 bits per heavy atom. The van der Waals surface area contributed by atoms with Crippen LogP contribution in [0.25, 0.3) is 0 Å². The summed E-state index contributed by atoms with van der Waals surface area (Å²) in [6.07, 6.45) is 13.3. The molecular formula is C27H42N6O2. The monoisotopic (exact) mass is 482 g/mol. The Balaban J connectivity index is 1.31. The molecule has 3 N–H and O–H groups in total. The van der Waals surface area contributed by atoms with E-state index < -0.39 is 0 Å². The highest BCUT2D eigenvalue weighted by atomic mass is 16.2. The summed E-state index contributed by atoms with van der Waals surface area (Å²) in [6.45, 7) is 9.60. The first-order valence-corrected chi connectivity index (χ1v) is 13.3. The molecule has 1 unspecified atom stereocenters. The second-order valence-electron chi connectivity index (χ2n) is 10.5. The summed E-state index contributed by atoms with van der Waals surface area (Å²) in [5.41, 5.74) is 1.86. The highest BCUT2D eigenvalue weighted by molar-refractivity contribution is 5.80. The van der Waals surface area contributed by atoms with E-state index in [2.05, 4.69) is 33.7 Å². The van der Waals surface area contributed by atoms with Crippen molar-refractivity contribution in [2.45, 2.75) is 70.9 Å². The number of aromatic nitrogens is 2. The lowest BCUT2D eigenvalue weighted by atomic mass is 9.81. The molecule has 0 spiro atoms. The zero-order chi connectivity index (χ0) is 24.8. The molecule has 3 aliphatic rings. The van der Waals surface area contributed by atoms with E-state index in [9.17, 15) is 9.59 Å². The number of rotatable bonds is 7. The van der Waals surface area contributed by atoms with Gasteiger partial charge in [-0.15, -0.1) is 0 Å². The van der Waals surface area contributed by atoms with E-state index in [-0.39, 0.29) is 23.8 Å². The van der Waals surface area contributed by atoms with Crippen LogP contribution in [0.15, 0.2) is 30.6 Å². The predicted molar refractivity (Wildman–Crippen MR) is 138 cm³/mol. The van der Waals surface area contributed by atoms with Gasteiger partial charge < -0.3 is 20.9 Å². The largest absolute Gasteiger partial charge is 0.356 e. The van der Waals surface area contributed by atoms with E-state index in [0.29, 0.717) is 24.8 Å². The zero-order valence-corrected chi connectivity index (χ0v) is 21.4. The van der Waals surface area contributed by atoms with Crippen molar-refractivity contribution in [2.75, 3.05) is 25.0 Å². The minimum absolute atomic E-state index is 0.0239. The van der Waals surface area contributed by atoms with Gasteiger partial charge in [0.15, 0.2) is 0 Å². The number of nitrogens with zero attached hydrogens (tertiary/aromatic N) is 3. The molecule has 8 nitrogen and oxygen atoms in total. The lowest BCUT2D eigenvalue weighted by molar-refractivity contribution is -0.139. The third-order valence-electron chi connectivity index (χ3n) is 8.01. The van der Waals surface area contributed by atoms with Crippen molar-refractivity contribution in [3.05, 3.63) is 36.2 Å². The van der Waals surface area contributed by atoms with Gasteiger partial charge in [0.1, 0.15) is 5.82 Å². The first-order chi connectivity index (χ1) is 17.0. The molecule has 2 aliphatic heterocycles. The summed E-state index contributed by atoms with van der Waals surface area (Å²) in [4.78, 5) is 28.2. The molecule has 1 aliphatic carbocycles. The number of piperidine rings is 1. The van der Waals surface area contributed by atoms with Gasteiger partial charge in [-0.3, -0.25) is 14.3 Å². The van der Waals surface area contributed by atoms with E-state index in [1.807, 2.05) is 35.8 Å². The van der Waals surface area contributed by atoms with Crippen molar-refractivity contribution in [1.29, 1.82) is 0 Å². The SMILES string of the molecule is C=C1Nc2c(cnn2C)CN(C(=O)C2CCC(CNC(=O)CC3CCNCC3)CC2)C1C/C=C/C. The van der Waals surface area contributed by atoms with Crippen LogP contribution in [-0.4, -0.2) is 52.2 Å². The van der Waals surface area contributed by atoms with Crippen LogP contribution >= 0.6 is 0 Å².